The molecule has 2 N–H and O–H groups in total. The van der Waals surface area contributed by atoms with E-state index in [1.165, 1.54) is 4.31 Å². The maximum absolute atomic E-state index is 15.7. The number of amides is 3. The van der Waals surface area contributed by atoms with Crippen molar-refractivity contribution in [2.75, 3.05) is 59.2 Å². The fourth-order valence-electron chi connectivity index (χ4n) is 13.6. The zero-order chi connectivity index (χ0) is 43.6. The van der Waals surface area contributed by atoms with Gasteiger partial charge in [0.05, 0.1) is 29.5 Å². The molecule has 340 valence electrons. The molecular weight excluding hydrogens is 799 g/mol. The van der Waals surface area contributed by atoms with Crippen molar-refractivity contribution in [3.8, 4) is 0 Å². The van der Waals surface area contributed by atoms with Crippen LogP contribution in [0.3, 0.4) is 0 Å². The average Bonchev–Trinajstić information content (AvgIpc) is 3.63. The minimum atomic E-state index is -4.08. The molecule has 5 aliphatic heterocycles. The standard InChI is InChI=1S/C46H71N5O9S/c1-6-32-27-44(32,41(56)48-61(57,58)50-20-8-9-21-50)29-37(53)35-28-46(42(3,4)45(46)15-11-16-45)30-51(35)40(55)33(43(5)17-24-60-25-18-43)26-36(52)38(31-13-22-59-23-14-31)47-39(54)34-12-10-19-49(34)7-2/h6,31-35,38H,1,7-30H2,2-5H3,(H,47,54)(H,48,56)/t32-,33-,34+,35+,38+,44-,46-/m1/s1. The zero-order valence-electron chi connectivity index (χ0n) is 37.1. The van der Waals surface area contributed by atoms with Crippen LogP contribution in [0.25, 0.3) is 0 Å². The van der Waals surface area contributed by atoms with E-state index in [0.717, 1.165) is 58.0 Å². The highest BCUT2D eigenvalue weighted by molar-refractivity contribution is 7.87. The molecule has 3 amide bonds. The summed E-state index contributed by atoms with van der Waals surface area (Å²) < 4.78 is 41.7. The fraction of sp³-hybridized carbons (Fsp3) is 0.848. The SMILES string of the molecule is C=C[C@@H]1C[C@]1(CC(=O)[C@@H]1C[C@@]2(CN1C(=O)[C@@H](CC(=O)[C@@H](NC(=O)[C@@H]1CCCN1CC)C1CCOCC1)C1(C)CCOCC1)C(C)(C)C21CCC1)C(=O)NS(=O)(=O)N1CCCC1. The molecule has 0 bridgehead atoms. The molecule has 8 fully saturated rings. The Labute approximate surface area is 363 Å². The maximum atomic E-state index is 15.7. The summed E-state index contributed by atoms with van der Waals surface area (Å²) in [5.74, 6) is -2.72. The number of hydrogen-bond donors (Lipinski definition) is 2. The lowest BCUT2D eigenvalue weighted by atomic mass is 9.68. The van der Waals surface area contributed by atoms with Gasteiger partial charge in [0.2, 0.25) is 17.7 Å². The molecule has 0 radical (unpaired) electrons. The molecule has 8 rings (SSSR count). The van der Waals surface area contributed by atoms with Gasteiger partial charge in [0.15, 0.2) is 11.6 Å². The first-order valence-corrected chi connectivity index (χ1v) is 24.9. The van der Waals surface area contributed by atoms with Crippen LogP contribution in [0, 0.1) is 44.8 Å². The Balaban J connectivity index is 1.09. The van der Waals surface area contributed by atoms with Gasteiger partial charge in [-0.15, -0.1) is 6.58 Å². The monoisotopic (exact) mass is 869 g/mol. The first-order valence-electron chi connectivity index (χ1n) is 23.5. The second-order valence-electron chi connectivity index (χ2n) is 20.9. The van der Waals surface area contributed by atoms with Crippen LogP contribution in [-0.4, -0.2) is 129 Å². The third-order valence-electron chi connectivity index (χ3n) is 18.1. The molecule has 0 aromatic carbocycles. The van der Waals surface area contributed by atoms with E-state index in [2.05, 4.69) is 42.3 Å². The number of ether oxygens (including phenoxy) is 2. The molecule has 7 atom stereocenters. The van der Waals surface area contributed by atoms with Crippen LogP contribution in [0.4, 0.5) is 0 Å². The van der Waals surface area contributed by atoms with E-state index >= 15 is 9.59 Å². The highest BCUT2D eigenvalue weighted by Gasteiger charge is 2.85. The third-order valence-corrected chi connectivity index (χ3v) is 19.6. The Morgan fingerprint density at radius 3 is 2.10 bits per heavy atom. The van der Waals surface area contributed by atoms with E-state index in [9.17, 15) is 22.8 Å². The van der Waals surface area contributed by atoms with E-state index in [0.29, 0.717) is 84.6 Å². The molecule has 0 aromatic heterocycles. The summed E-state index contributed by atoms with van der Waals surface area (Å²) in [6, 6.07) is -1.89. The summed E-state index contributed by atoms with van der Waals surface area (Å²) in [7, 11) is -4.08. The highest BCUT2D eigenvalue weighted by Crippen LogP contribution is 2.88. The molecule has 15 heteroatoms. The molecule has 3 saturated carbocycles. The van der Waals surface area contributed by atoms with Gasteiger partial charge in [-0.1, -0.05) is 40.2 Å². The van der Waals surface area contributed by atoms with Gasteiger partial charge in [-0.3, -0.25) is 28.9 Å². The molecule has 0 unspecified atom stereocenters. The Morgan fingerprint density at radius 1 is 0.836 bits per heavy atom. The predicted octanol–water partition coefficient (Wildman–Crippen LogP) is 4.18. The van der Waals surface area contributed by atoms with E-state index in [4.69, 9.17) is 9.47 Å². The Bertz CT molecular complexity index is 1870. The number of carbonyl (C=O) groups is 5. The van der Waals surface area contributed by atoms with Gasteiger partial charge in [0.25, 0.3) is 0 Å². The quantitative estimate of drug-likeness (QED) is 0.215. The normalized spacial score (nSPS) is 34.1. The lowest BCUT2D eigenvalue weighted by Gasteiger charge is -2.43. The van der Waals surface area contributed by atoms with Crippen molar-refractivity contribution >= 4 is 39.5 Å². The van der Waals surface area contributed by atoms with E-state index in [1.807, 2.05) is 6.92 Å². The molecule has 3 aliphatic carbocycles. The number of nitrogens with one attached hydrogen (secondary N) is 2. The van der Waals surface area contributed by atoms with Crippen molar-refractivity contribution in [3.05, 3.63) is 12.7 Å². The van der Waals surface area contributed by atoms with Crippen molar-refractivity contribution in [2.45, 2.75) is 142 Å². The van der Waals surface area contributed by atoms with Crippen LogP contribution >= 0.6 is 0 Å². The number of allylic oxidation sites excluding steroid dienone is 1. The Morgan fingerprint density at radius 2 is 1.51 bits per heavy atom. The number of nitrogens with zero attached hydrogens (tertiary/aromatic N) is 3. The number of likely N-dealkylation sites (tertiary alicyclic amines) is 2. The van der Waals surface area contributed by atoms with Crippen LogP contribution in [0.1, 0.15) is 124 Å². The van der Waals surface area contributed by atoms with Crippen LogP contribution in [-0.2, 0) is 43.7 Å². The van der Waals surface area contributed by atoms with E-state index < -0.39 is 44.9 Å². The highest BCUT2D eigenvalue weighted by atomic mass is 32.2. The van der Waals surface area contributed by atoms with Gasteiger partial charge in [-0.05, 0) is 118 Å². The molecule has 5 heterocycles. The minimum Gasteiger partial charge on any atom is -0.381 e. The summed E-state index contributed by atoms with van der Waals surface area (Å²) in [6.07, 6.45) is 10.8. The van der Waals surface area contributed by atoms with Crippen molar-refractivity contribution in [2.24, 2.45) is 44.8 Å². The van der Waals surface area contributed by atoms with Gasteiger partial charge < -0.3 is 19.7 Å². The number of fused-ring (bicyclic) bond motifs is 1. The lowest BCUT2D eigenvalue weighted by molar-refractivity contribution is -0.150. The zero-order valence-corrected chi connectivity index (χ0v) is 38.0. The summed E-state index contributed by atoms with van der Waals surface area (Å²) >= 11 is 0. The third kappa shape index (κ3) is 7.55. The number of hydrogen-bond acceptors (Lipinski definition) is 10. The topological polar surface area (TPSA) is 172 Å². The molecule has 61 heavy (non-hydrogen) atoms. The van der Waals surface area contributed by atoms with Gasteiger partial charge >= 0.3 is 10.2 Å². The van der Waals surface area contributed by atoms with Crippen LogP contribution in [0.2, 0.25) is 0 Å². The van der Waals surface area contributed by atoms with Gasteiger partial charge in [-0.2, -0.15) is 12.7 Å². The second-order valence-corrected chi connectivity index (χ2v) is 22.6. The number of rotatable bonds is 16. The minimum absolute atomic E-state index is 0.00853. The van der Waals surface area contributed by atoms with Gasteiger partial charge in [-0.25, -0.2) is 4.72 Å². The molecule has 0 aromatic rings. The summed E-state index contributed by atoms with van der Waals surface area (Å²) in [4.78, 5) is 77.6. The maximum Gasteiger partial charge on any atom is 0.303 e. The number of Topliss-reactive ketones (excluding diaryl/α,β-unsaturated/α-hetero) is 2. The predicted molar refractivity (Wildman–Crippen MR) is 228 cm³/mol. The first-order chi connectivity index (χ1) is 29.0. The molecule has 8 aliphatic rings. The smallest absolute Gasteiger partial charge is 0.303 e. The van der Waals surface area contributed by atoms with Crippen LogP contribution in [0.15, 0.2) is 12.7 Å². The Kier molecular flexibility index (Phi) is 12.3. The second kappa shape index (κ2) is 16.7. The van der Waals surface area contributed by atoms with Crippen molar-refractivity contribution in [1.29, 1.82) is 0 Å². The molecule has 2 spiro atoms. The summed E-state index contributed by atoms with van der Waals surface area (Å²) in [6.45, 7) is 17.1. The number of ketones is 2. The number of carbonyl (C=O) groups excluding carboxylic acids is 5. The summed E-state index contributed by atoms with van der Waals surface area (Å²) in [5, 5.41) is 3.21. The average molecular weight is 870 g/mol. The van der Waals surface area contributed by atoms with Gasteiger partial charge in [0, 0.05) is 64.3 Å². The van der Waals surface area contributed by atoms with Crippen molar-refractivity contribution in [3.63, 3.8) is 0 Å². The number of likely N-dealkylation sites (N-methyl/N-ethyl adjacent to an activating group) is 1. The molecule has 14 nitrogen and oxygen atoms in total. The van der Waals surface area contributed by atoms with E-state index in [-0.39, 0.29) is 70.3 Å². The summed E-state index contributed by atoms with van der Waals surface area (Å²) in [5.41, 5.74) is -2.28. The molecule has 5 saturated heterocycles. The lowest BCUT2D eigenvalue weighted by Crippen LogP contribution is -2.55. The van der Waals surface area contributed by atoms with E-state index in [1.54, 1.807) is 11.0 Å². The van der Waals surface area contributed by atoms with Crippen LogP contribution in [0.5, 0.6) is 0 Å². The fourth-order valence-corrected chi connectivity index (χ4v) is 14.9. The molecular formula is C46H71N5O9S. The van der Waals surface area contributed by atoms with Crippen molar-refractivity contribution in [1.82, 2.24) is 24.1 Å². The van der Waals surface area contributed by atoms with Crippen LogP contribution < -0.4 is 10.0 Å². The first kappa shape index (κ1) is 44.9. The van der Waals surface area contributed by atoms with Crippen molar-refractivity contribution < 1.29 is 41.9 Å². The Hall–Kier alpha value is -2.72. The largest absolute Gasteiger partial charge is 0.381 e. The van der Waals surface area contributed by atoms with Gasteiger partial charge in [0.1, 0.15) is 0 Å².